The van der Waals surface area contributed by atoms with Crippen molar-refractivity contribution in [3.8, 4) is 5.75 Å². The number of carbonyl (C=O) groups is 1. The van der Waals surface area contributed by atoms with E-state index in [2.05, 4.69) is 4.90 Å². The zero-order valence-corrected chi connectivity index (χ0v) is 14.1. The Hall–Kier alpha value is -1.59. The summed E-state index contributed by atoms with van der Waals surface area (Å²) in [6.45, 7) is 4.26. The number of carbonyl (C=O) groups excluding carboxylic acids is 1. The van der Waals surface area contributed by atoms with Crippen molar-refractivity contribution in [3.05, 3.63) is 29.8 Å². The number of phenols is 1. The fourth-order valence-corrected chi connectivity index (χ4v) is 4.06. The quantitative estimate of drug-likeness (QED) is 0.912. The van der Waals surface area contributed by atoms with Gasteiger partial charge in [0.25, 0.3) is 0 Å². The molecule has 1 aromatic carbocycles. The van der Waals surface area contributed by atoms with Gasteiger partial charge in [-0.05, 0) is 42.9 Å². The minimum Gasteiger partial charge on any atom is -0.508 e. The van der Waals surface area contributed by atoms with Gasteiger partial charge in [-0.3, -0.25) is 9.69 Å². The SMILES string of the molecule is O=C(CCc1ccc(O)cc1)N1CCN2[C@@H](COC[C@@H]2C2CC2)C1. The first-order valence-corrected chi connectivity index (χ1v) is 9.10. The third kappa shape index (κ3) is 3.42. The van der Waals surface area contributed by atoms with Crippen LogP contribution in [-0.2, 0) is 16.0 Å². The molecule has 5 heteroatoms. The van der Waals surface area contributed by atoms with Crippen molar-refractivity contribution < 1.29 is 14.6 Å². The first-order valence-electron chi connectivity index (χ1n) is 9.10. The van der Waals surface area contributed by atoms with Gasteiger partial charge in [0.15, 0.2) is 0 Å². The molecule has 0 radical (unpaired) electrons. The second kappa shape index (κ2) is 6.73. The third-order valence-electron chi connectivity index (χ3n) is 5.64. The summed E-state index contributed by atoms with van der Waals surface area (Å²) >= 11 is 0. The lowest BCUT2D eigenvalue weighted by molar-refractivity contribution is -0.140. The highest BCUT2D eigenvalue weighted by Gasteiger charge is 2.43. The normalized spacial score (nSPS) is 27.8. The monoisotopic (exact) mass is 330 g/mol. The van der Waals surface area contributed by atoms with Crippen LogP contribution in [0.15, 0.2) is 24.3 Å². The number of amides is 1. The molecule has 0 aromatic heterocycles. The summed E-state index contributed by atoms with van der Waals surface area (Å²) < 4.78 is 5.82. The number of aryl methyl sites for hydroxylation is 1. The second-order valence-corrected chi connectivity index (χ2v) is 7.34. The van der Waals surface area contributed by atoms with Gasteiger partial charge in [0, 0.05) is 32.1 Å². The Morgan fingerprint density at radius 2 is 1.96 bits per heavy atom. The van der Waals surface area contributed by atoms with Crippen LogP contribution in [0.3, 0.4) is 0 Å². The molecule has 24 heavy (non-hydrogen) atoms. The van der Waals surface area contributed by atoms with Crippen molar-refractivity contribution in [1.29, 1.82) is 0 Å². The number of ether oxygens (including phenoxy) is 1. The highest BCUT2D eigenvalue weighted by atomic mass is 16.5. The van der Waals surface area contributed by atoms with Crippen LogP contribution < -0.4 is 0 Å². The number of piperazine rings is 1. The van der Waals surface area contributed by atoms with Crippen LogP contribution in [0.25, 0.3) is 0 Å². The van der Waals surface area contributed by atoms with E-state index in [1.54, 1.807) is 12.1 Å². The molecule has 2 aliphatic heterocycles. The Balaban J connectivity index is 1.30. The fraction of sp³-hybridized carbons (Fsp3) is 0.632. The predicted octanol–water partition coefficient (Wildman–Crippen LogP) is 1.65. The molecule has 2 saturated heterocycles. The number of phenolic OH excluding ortho intramolecular Hbond substituents is 1. The Morgan fingerprint density at radius 1 is 1.17 bits per heavy atom. The first kappa shape index (κ1) is 15.9. The van der Waals surface area contributed by atoms with Crippen LogP contribution in [0.5, 0.6) is 5.75 Å². The second-order valence-electron chi connectivity index (χ2n) is 7.34. The molecule has 4 rings (SSSR count). The molecule has 0 spiro atoms. The average Bonchev–Trinajstić information content (AvgIpc) is 3.45. The van der Waals surface area contributed by atoms with E-state index in [0.29, 0.717) is 18.5 Å². The summed E-state index contributed by atoms with van der Waals surface area (Å²) in [6.07, 6.45) is 3.94. The molecule has 1 N–H and O–H groups in total. The number of fused-ring (bicyclic) bond motifs is 1. The number of hydrogen-bond acceptors (Lipinski definition) is 4. The van der Waals surface area contributed by atoms with Crippen LogP contribution in [0.1, 0.15) is 24.8 Å². The Morgan fingerprint density at radius 3 is 2.71 bits per heavy atom. The van der Waals surface area contributed by atoms with Crippen LogP contribution in [0, 0.1) is 5.92 Å². The van der Waals surface area contributed by atoms with Gasteiger partial charge >= 0.3 is 0 Å². The molecule has 1 aromatic rings. The molecule has 3 fully saturated rings. The third-order valence-corrected chi connectivity index (χ3v) is 5.64. The maximum Gasteiger partial charge on any atom is 0.223 e. The highest BCUT2D eigenvalue weighted by Crippen LogP contribution is 2.38. The highest BCUT2D eigenvalue weighted by molar-refractivity contribution is 5.76. The number of morpholine rings is 1. The van der Waals surface area contributed by atoms with Crippen molar-refractivity contribution in [1.82, 2.24) is 9.80 Å². The van der Waals surface area contributed by atoms with E-state index in [-0.39, 0.29) is 11.7 Å². The molecular formula is C19H26N2O3. The summed E-state index contributed by atoms with van der Waals surface area (Å²) in [5.41, 5.74) is 1.09. The first-order chi connectivity index (χ1) is 11.7. The lowest BCUT2D eigenvalue weighted by Gasteiger charge is -2.48. The van der Waals surface area contributed by atoms with E-state index in [1.807, 2.05) is 17.0 Å². The molecule has 0 unspecified atom stereocenters. The van der Waals surface area contributed by atoms with Crippen LogP contribution in [0.4, 0.5) is 0 Å². The molecule has 1 amide bonds. The van der Waals surface area contributed by atoms with Gasteiger partial charge < -0.3 is 14.7 Å². The van der Waals surface area contributed by atoms with Crippen molar-refractivity contribution in [3.63, 3.8) is 0 Å². The van der Waals surface area contributed by atoms with Gasteiger partial charge in [-0.25, -0.2) is 0 Å². The van der Waals surface area contributed by atoms with Gasteiger partial charge in [-0.1, -0.05) is 12.1 Å². The minimum absolute atomic E-state index is 0.233. The number of nitrogens with zero attached hydrogens (tertiary/aromatic N) is 2. The molecule has 2 heterocycles. The van der Waals surface area contributed by atoms with Crippen LogP contribution in [0.2, 0.25) is 0 Å². The van der Waals surface area contributed by atoms with E-state index in [0.717, 1.165) is 50.8 Å². The van der Waals surface area contributed by atoms with Gasteiger partial charge in [0.05, 0.1) is 19.3 Å². The maximum atomic E-state index is 12.6. The number of hydrogen-bond donors (Lipinski definition) is 1. The van der Waals surface area contributed by atoms with Gasteiger partial charge in [0.2, 0.25) is 5.91 Å². The maximum absolute atomic E-state index is 12.6. The average molecular weight is 330 g/mol. The smallest absolute Gasteiger partial charge is 0.223 e. The van der Waals surface area contributed by atoms with Crippen LogP contribution >= 0.6 is 0 Å². The summed E-state index contributed by atoms with van der Waals surface area (Å²) in [7, 11) is 0. The van der Waals surface area contributed by atoms with E-state index in [1.165, 1.54) is 12.8 Å². The zero-order valence-electron chi connectivity index (χ0n) is 14.1. The Bertz CT molecular complexity index is 585. The molecule has 5 nitrogen and oxygen atoms in total. The molecular weight excluding hydrogens is 304 g/mol. The van der Waals surface area contributed by atoms with Crippen molar-refractivity contribution >= 4 is 5.91 Å². The topological polar surface area (TPSA) is 53.0 Å². The van der Waals surface area contributed by atoms with Crippen molar-refractivity contribution in [2.75, 3.05) is 32.8 Å². The molecule has 1 saturated carbocycles. The standard InChI is InChI=1S/C19H26N2O3/c22-17-6-1-14(2-7-17)3-8-19(23)20-9-10-21-16(11-20)12-24-13-18(21)15-4-5-15/h1-2,6-7,15-16,18,22H,3-5,8-13H2/t16-,18-/m1/s1. The van der Waals surface area contributed by atoms with Crippen LogP contribution in [-0.4, -0.2) is 65.7 Å². The fourth-order valence-electron chi connectivity index (χ4n) is 4.06. The largest absolute Gasteiger partial charge is 0.508 e. The van der Waals surface area contributed by atoms with Gasteiger partial charge in [-0.15, -0.1) is 0 Å². The van der Waals surface area contributed by atoms with Gasteiger partial charge in [0.1, 0.15) is 5.75 Å². The molecule has 0 bridgehead atoms. The van der Waals surface area contributed by atoms with Crippen molar-refractivity contribution in [2.24, 2.45) is 5.92 Å². The molecule has 2 atom stereocenters. The number of rotatable bonds is 4. The number of benzene rings is 1. The number of aromatic hydroxyl groups is 1. The van der Waals surface area contributed by atoms with Crippen molar-refractivity contribution in [2.45, 2.75) is 37.8 Å². The predicted molar refractivity (Wildman–Crippen MR) is 90.8 cm³/mol. The van der Waals surface area contributed by atoms with E-state index >= 15 is 0 Å². The van der Waals surface area contributed by atoms with E-state index in [4.69, 9.17) is 4.74 Å². The Kier molecular flexibility index (Phi) is 4.46. The summed E-state index contributed by atoms with van der Waals surface area (Å²) in [5.74, 6) is 1.32. The minimum atomic E-state index is 0.233. The zero-order chi connectivity index (χ0) is 16.5. The summed E-state index contributed by atoms with van der Waals surface area (Å²) in [4.78, 5) is 17.2. The molecule has 3 aliphatic rings. The Labute approximate surface area is 143 Å². The van der Waals surface area contributed by atoms with E-state index < -0.39 is 0 Å². The molecule has 130 valence electrons. The summed E-state index contributed by atoms with van der Waals surface area (Å²) in [5, 5.41) is 9.32. The summed E-state index contributed by atoms with van der Waals surface area (Å²) in [6, 6.07) is 8.07. The van der Waals surface area contributed by atoms with E-state index in [9.17, 15) is 9.90 Å². The lowest BCUT2D eigenvalue weighted by atomic mass is 10.0. The molecule has 1 aliphatic carbocycles. The van der Waals surface area contributed by atoms with Gasteiger partial charge in [-0.2, -0.15) is 0 Å². The lowest BCUT2D eigenvalue weighted by Crippen LogP contribution is -2.63.